The van der Waals surface area contributed by atoms with E-state index in [9.17, 15) is 29.0 Å². The molecule has 36 heavy (non-hydrogen) atoms. The lowest BCUT2D eigenvalue weighted by Gasteiger charge is -2.19. The molecular formula is C25H29FN4O6. The molecule has 11 heteroatoms. The number of nitrogens with zero attached hydrogens (tertiary/aromatic N) is 3. The van der Waals surface area contributed by atoms with E-state index < -0.39 is 41.3 Å². The Morgan fingerprint density at radius 1 is 1.25 bits per heavy atom. The summed E-state index contributed by atoms with van der Waals surface area (Å²) in [6.45, 7) is 1.49. The van der Waals surface area contributed by atoms with Crippen LogP contribution in [0.4, 0.5) is 4.39 Å². The van der Waals surface area contributed by atoms with Gasteiger partial charge in [0.1, 0.15) is 23.4 Å². The van der Waals surface area contributed by atoms with Crippen molar-refractivity contribution in [1.29, 1.82) is 0 Å². The van der Waals surface area contributed by atoms with Crippen molar-refractivity contribution in [3.05, 3.63) is 69.4 Å². The van der Waals surface area contributed by atoms with Crippen LogP contribution in [0, 0.1) is 5.82 Å². The maximum atomic E-state index is 13.4. The average Bonchev–Trinajstić information content (AvgIpc) is 2.85. The lowest BCUT2D eigenvalue weighted by molar-refractivity contribution is -0.131. The van der Waals surface area contributed by atoms with Gasteiger partial charge in [-0.15, -0.1) is 0 Å². The standard InChI is InChI=1S/C25H29FN4O6/c1-15(31)12-28-24(34)21-23(33)22-19(30(25(21)35)14-20(32)29(2)8-9-36-3)11-17(13-27-22)10-16-4-6-18(26)7-5-16/h4-7,11,13,15,31,33H,8-10,12,14H2,1-3H3,(H,28,34). The van der Waals surface area contributed by atoms with Crippen LogP contribution in [0.5, 0.6) is 5.75 Å². The third-order valence-corrected chi connectivity index (χ3v) is 5.59. The van der Waals surface area contributed by atoms with E-state index in [0.29, 0.717) is 18.6 Å². The number of ether oxygens (including phenoxy) is 1. The number of aliphatic hydroxyl groups excluding tert-OH is 1. The highest BCUT2D eigenvalue weighted by atomic mass is 19.1. The Kier molecular flexibility index (Phi) is 8.73. The van der Waals surface area contributed by atoms with Gasteiger partial charge in [-0.3, -0.25) is 23.9 Å². The molecule has 3 aromatic rings. The predicted octanol–water partition coefficient (Wildman–Crippen LogP) is 1.05. The van der Waals surface area contributed by atoms with Crippen molar-refractivity contribution in [1.82, 2.24) is 19.8 Å². The van der Waals surface area contributed by atoms with Gasteiger partial charge in [-0.25, -0.2) is 4.39 Å². The maximum Gasteiger partial charge on any atom is 0.268 e. The fourth-order valence-electron chi connectivity index (χ4n) is 3.58. The van der Waals surface area contributed by atoms with Crippen molar-refractivity contribution in [2.75, 3.05) is 33.9 Å². The van der Waals surface area contributed by atoms with Crippen LogP contribution in [0.3, 0.4) is 0 Å². The van der Waals surface area contributed by atoms with Crippen LogP contribution < -0.4 is 10.9 Å². The first-order valence-electron chi connectivity index (χ1n) is 11.3. The summed E-state index contributed by atoms with van der Waals surface area (Å²) >= 11 is 0. The van der Waals surface area contributed by atoms with Gasteiger partial charge in [0, 0.05) is 33.4 Å². The number of rotatable bonds is 10. The van der Waals surface area contributed by atoms with Crippen LogP contribution in [0.2, 0.25) is 0 Å². The smallest absolute Gasteiger partial charge is 0.268 e. The summed E-state index contributed by atoms with van der Waals surface area (Å²) in [5.74, 6) is -2.30. The minimum absolute atomic E-state index is 0.0352. The van der Waals surface area contributed by atoms with E-state index in [1.54, 1.807) is 25.2 Å². The summed E-state index contributed by atoms with van der Waals surface area (Å²) in [5, 5.41) is 22.7. The number of pyridine rings is 2. The Morgan fingerprint density at radius 2 is 1.94 bits per heavy atom. The third-order valence-electron chi connectivity index (χ3n) is 5.59. The molecule has 192 valence electrons. The van der Waals surface area contributed by atoms with E-state index in [-0.39, 0.29) is 29.9 Å². The van der Waals surface area contributed by atoms with Crippen molar-refractivity contribution in [3.8, 4) is 5.75 Å². The molecule has 0 aliphatic carbocycles. The lowest BCUT2D eigenvalue weighted by atomic mass is 10.1. The Labute approximate surface area is 206 Å². The molecule has 2 heterocycles. The fraction of sp³-hybridized carbons (Fsp3) is 0.360. The van der Waals surface area contributed by atoms with Crippen molar-refractivity contribution in [2.45, 2.75) is 26.0 Å². The number of nitrogens with one attached hydrogen (secondary N) is 1. The second kappa shape index (κ2) is 11.7. The molecule has 10 nitrogen and oxygen atoms in total. The van der Waals surface area contributed by atoms with Crippen molar-refractivity contribution >= 4 is 22.8 Å². The number of fused-ring (bicyclic) bond motifs is 1. The molecular weight excluding hydrogens is 471 g/mol. The van der Waals surface area contributed by atoms with Crippen molar-refractivity contribution in [2.24, 2.45) is 0 Å². The number of aromatic hydroxyl groups is 1. The molecule has 0 aliphatic heterocycles. The minimum Gasteiger partial charge on any atom is -0.505 e. The molecule has 0 saturated carbocycles. The summed E-state index contributed by atoms with van der Waals surface area (Å²) in [7, 11) is 3.06. The Hall–Kier alpha value is -3.83. The second-order valence-electron chi connectivity index (χ2n) is 8.50. The van der Waals surface area contributed by atoms with Gasteiger partial charge in [-0.1, -0.05) is 12.1 Å². The molecule has 3 rings (SSSR count). The Bertz CT molecular complexity index is 1310. The molecule has 2 amide bonds. The first-order chi connectivity index (χ1) is 17.1. The highest BCUT2D eigenvalue weighted by Crippen LogP contribution is 2.26. The molecule has 2 aromatic heterocycles. The number of methoxy groups -OCH3 is 1. The first-order valence-corrected chi connectivity index (χ1v) is 11.3. The van der Waals surface area contributed by atoms with E-state index in [4.69, 9.17) is 4.74 Å². The zero-order chi connectivity index (χ0) is 26.4. The van der Waals surface area contributed by atoms with E-state index in [1.807, 2.05) is 0 Å². The van der Waals surface area contributed by atoms with Crippen LogP contribution in [-0.4, -0.2) is 76.4 Å². The quantitative estimate of drug-likeness (QED) is 0.379. The molecule has 0 spiro atoms. The van der Waals surface area contributed by atoms with E-state index in [1.165, 1.54) is 37.3 Å². The maximum absolute atomic E-state index is 13.4. The van der Waals surface area contributed by atoms with Gasteiger partial charge in [0.2, 0.25) is 5.91 Å². The van der Waals surface area contributed by atoms with Crippen LogP contribution in [0.1, 0.15) is 28.4 Å². The first kappa shape index (κ1) is 26.8. The zero-order valence-electron chi connectivity index (χ0n) is 20.3. The number of hydrogen-bond donors (Lipinski definition) is 3. The van der Waals surface area contributed by atoms with Gasteiger partial charge >= 0.3 is 0 Å². The number of likely N-dealkylation sites (N-methyl/N-ethyl adjacent to an activating group) is 1. The molecule has 0 fully saturated rings. The molecule has 1 unspecified atom stereocenters. The number of aromatic nitrogens is 2. The number of halogens is 1. The summed E-state index contributed by atoms with van der Waals surface area (Å²) in [6.07, 6.45) is 0.961. The highest BCUT2D eigenvalue weighted by Gasteiger charge is 2.25. The summed E-state index contributed by atoms with van der Waals surface area (Å²) in [4.78, 5) is 44.6. The van der Waals surface area contributed by atoms with E-state index in [0.717, 1.165) is 10.1 Å². The van der Waals surface area contributed by atoms with Gasteiger partial charge < -0.3 is 25.2 Å². The average molecular weight is 501 g/mol. The largest absolute Gasteiger partial charge is 0.505 e. The van der Waals surface area contributed by atoms with Crippen LogP contribution >= 0.6 is 0 Å². The van der Waals surface area contributed by atoms with Gasteiger partial charge in [0.15, 0.2) is 5.75 Å². The number of amides is 2. The SMILES string of the molecule is COCCN(C)C(=O)Cn1c(=O)c(C(=O)NCC(C)O)c(O)c2ncc(Cc3ccc(F)cc3)cc21. The lowest BCUT2D eigenvalue weighted by Crippen LogP contribution is -2.39. The van der Waals surface area contributed by atoms with Crippen molar-refractivity contribution < 1.29 is 28.9 Å². The number of hydrogen-bond acceptors (Lipinski definition) is 7. The molecule has 0 aliphatic rings. The van der Waals surface area contributed by atoms with Crippen LogP contribution in [0.25, 0.3) is 11.0 Å². The van der Waals surface area contributed by atoms with Crippen LogP contribution in [0.15, 0.2) is 41.3 Å². The van der Waals surface area contributed by atoms with Gasteiger partial charge in [-0.05, 0) is 42.7 Å². The molecule has 0 saturated heterocycles. The van der Waals surface area contributed by atoms with E-state index >= 15 is 0 Å². The van der Waals surface area contributed by atoms with Gasteiger partial charge in [0.25, 0.3) is 11.5 Å². The summed E-state index contributed by atoms with van der Waals surface area (Å²) in [5.41, 5.74) is 0.115. The van der Waals surface area contributed by atoms with Crippen LogP contribution in [-0.2, 0) is 22.5 Å². The Balaban J connectivity index is 2.11. The molecule has 0 radical (unpaired) electrons. The van der Waals surface area contributed by atoms with Gasteiger partial charge in [0.05, 0.1) is 18.2 Å². The Morgan fingerprint density at radius 3 is 2.58 bits per heavy atom. The minimum atomic E-state index is -0.897. The van der Waals surface area contributed by atoms with Crippen molar-refractivity contribution in [3.63, 3.8) is 0 Å². The van der Waals surface area contributed by atoms with E-state index in [2.05, 4.69) is 10.3 Å². The number of carbonyl (C=O) groups excluding carboxylic acids is 2. The normalized spacial score (nSPS) is 11.9. The number of aliphatic hydroxyl groups is 1. The number of carbonyl (C=O) groups is 2. The summed E-state index contributed by atoms with van der Waals surface area (Å²) < 4.78 is 19.4. The van der Waals surface area contributed by atoms with Gasteiger partial charge in [-0.2, -0.15) is 0 Å². The molecule has 1 atom stereocenters. The topological polar surface area (TPSA) is 134 Å². The number of benzene rings is 1. The molecule has 0 bridgehead atoms. The summed E-state index contributed by atoms with van der Waals surface area (Å²) in [6, 6.07) is 7.51. The fourth-order valence-corrected chi connectivity index (χ4v) is 3.58. The molecule has 3 N–H and O–H groups in total. The second-order valence-corrected chi connectivity index (χ2v) is 8.50. The third kappa shape index (κ3) is 6.23. The highest BCUT2D eigenvalue weighted by molar-refractivity contribution is 6.01. The monoisotopic (exact) mass is 500 g/mol. The zero-order valence-corrected chi connectivity index (χ0v) is 20.3. The molecule has 1 aromatic carbocycles. The predicted molar refractivity (Wildman–Crippen MR) is 130 cm³/mol.